The SMILES string of the molecule is O=C(C1CCC(NC2CCOCC2)C1)N1Cc2cc(C(F)(F)F)ccc2C(O)C1. The lowest BCUT2D eigenvalue weighted by molar-refractivity contribution is -0.138. The van der Waals surface area contributed by atoms with E-state index >= 15 is 0 Å². The average Bonchev–Trinajstić information content (AvgIpc) is 3.15. The van der Waals surface area contributed by atoms with E-state index in [1.54, 1.807) is 0 Å². The van der Waals surface area contributed by atoms with Crippen molar-refractivity contribution in [2.24, 2.45) is 5.92 Å². The Balaban J connectivity index is 1.39. The molecule has 2 N–H and O–H groups in total. The summed E-state index contributed by atoms with van der Waals surface area (Å²) in [5.74, 6) is -0.213. The van der Waals surface area contributed by atoms with E-state index < -0.39 is 17.8 Å². The summed E-state index contributed by atoms with van der Waals surface area (Å²) in [6, 6.07) is 4.08. The molecule has 5 nitrogen and oxygen atoms in total. The molecule has 0 aromatic heterocycles. The molecule has 1 aromatic carbocycles. The monoisotopic (exact) mass is 412 g/mol. The molecule has 0 spiro atoms. The van der Waals surface area contributed by atoms with Crippen LogP contribution in [-0.2, 0) is 22.3 Å². The van der Waals surface area contributed by atoms with E-state index in [2.05, 4.69) is 5.32 Å². The highest BCUT2D eigenvalue weighted by molar-refractivity contribution is 5.79. The highest BCUT2D eigenvalue weighted by atomic mass is 19.4. The van der Waals surface area contributed by atoms with Crippen LogP contribution < -0.4 is 5.32 Å². The summed E-state index contributed by atoms with van der Waals surface area (Å²) >= 11 is 0. The van der Waals surface area contributed by atoms with E-state index in [1.807, 2.05) is 0 Å². The van der Waals surface area contributed by atoms with E-state index in [4.69, 9.17) is 4.74 Å². The molecule has 1 amide bonds. The van der Waals surface area contributed by atoms with Crippen LogP contribution in [0, 0.1) is 5.92 Å². The quantitative estimate of drug-likeness (QED) is 0.801. The van der Waals surface area contributed by atoms with Gasteiger partial charge in [0.15, 0.2) is 0 Å². The Hall–Kier alpha value is -1.64. The van der Waals surface area contributed by atoms with Crippen LogP contribution in [0.5, 0.6) is 0 Å². The number of aliphatic hydroxyl groups is 1. The second-order valence-electron chi connectivity index (χ2n) is 8.41. The second-order valence-corrected chi connectivity index (χ2v) is 8.41. The molecule has 2 heterocycles. The summed E-state index contributed by atoms with van der Waals surface area (Å²) in [6.07, 6.45) is -1.03. The number of halogens is 3. The summed E-state index contributed by atoms with van der Waals surface area (Å²) in [5.41, 5.74) is 0.105. The number of carbonyl (C=O) groups excluding carboxylic acids is 1. The zero-order valence-corrected chi connectivity index (χ0v) is 16.3. The minimum atomic E-state index is -4.44. The van der Waals surface area contributed by atoms with Gasteiger partial charge in [-0.05, 0) is 55.4 Å². The lowest BCUT2D eigenvalue weighted by Gasteiger charge is -2.34. The molecular formula is C21H27F3N2O3. The predicted octanol–water partition coefficient (Wildman–Crippen LogP) is 3.02. The van der Waals surface area contributed by atoms with Gasteiger partial charge in [-0.25, -0.2) is 0 Å². The smallest absolute Gasteiger partial charge is 0.387 e. The van der Waals surface area contributed by atoms with Crippen molar-refractivity contribution < 1.29 is 27.8 Å². The molecule has 3 atom stereocenters. The third kappa shape index (κ3) is 4.59. The van der Waals surface area contributed by atoms with Crippen LogP contribution >= 0.6 is 0 Å². The van der Waals surface area contributed by atoms with Crippen molar-refractivity contribution in [2.75, 3.05) is 19.8 Å². The minimum Gasteiger partial charge on any atom is -0.387 e. The number of amides is 1. The zero-order valence-electron chi connectivity index (χ0n) is 16.3. The Morgan fingerprint density at radius 2 is 1.90 bits per heavy atom. The average molecular weight is 412 g/mol. The van der Waals surface area contributed by atoms with Gasteiger partial charge in [-0.2, -0.15) is 13.2 Å². The molecule has 2 fully saturated rings. The molecular weight excluding hydrogens is 385 g/mol. The van der Waals surface area contributed by atoms with Crippen LogP contribution in [0.25, 0.3) is 0 Å². The molecule has 2 aliphatic heterocycles. The Bertz CT molecular complexity index is 749. The third-order valence-corrected chi connectivity index (χ3v) is 6.37. The van der Waals surface area contributed by atoms with Crippen molar-refractivity contribution in [3.05, 3.63) is 34.9 Å². The van der Waals surface area contributed by atoms with Crippen LogP contribution in [0.4, 0.5) is 13.2 Å². The van der Waals surface area contributed by atoms with Gasteiger partial charge in [-0.3, -0.25) is 4.79 Å². The third-order valence-electron chi connectivity index (χ3n) is 6.37. The fraction of sp³-hybridized carbons (Fsp3) is 0.667. The van der Waals surface area contributed by atoms with E-state index in [0.717, 1.165) is 57.5 Å². The standard InChI is InChI=1S/C21H27F3N2O3/c22-21(23,24)15-2-4-18-14(9-15)11-26(12-19(18)27)20(28)13-1-3-17(10-13)25-16-5-7-29-8-6-16/h2,4,9,13,16-17,19,25,27H,1,3,5-8,10-12H2. The summed E-state index contributed by atoms with van der Waals surface area (Å²) in [4.78, 5) is 14.5. The predicted molar refractivity (Wildman–Crippen MR) is 99.9 cm³/mol. The van der Waals surface area contributed by atoms with Gasteiger partial charge in [0.25, 0.3) is 0 Å². The molecule has 3 aliphatic rings. The highest BCUT2D eigenvalue weighted by Crippen LogP contribution is 2.36. The first-order chi connectivity index (χ1) is 13.8. The number of rotatable bonds is 3. The van der Waals surface area contributed by atoms with Gasteiger partial charge in [-0.1, -0.05) is 6.07 Å². The van der Waals surface area contributed by atoms with Crippen molar-refractivity contribution in [3.8, 4) is 0 Å². The molecule has 4 rings (SSSR count). The number of ether oxygens (including phenoxy) is 1. The van der Waals surface area contributed by atoms with Crippen molar-refractivity contribution in [3.63, 3.8) is 0 Å². The van der Waals surface area contributed by atoms with Crippen molar-refractivity contribution in [1.29, 1.82) is 0 Å². The van der Waals surface area contributed by atoms with Crippen molar-refractivity contribution >= 4 is 5.91 Å². The summed E-state index contributed by atoms with van der Waals surface area (Å²) in [6.45, 7) is 1.77. The molecule has 3 unspecified atom stereocenters. The first-order valence-electron chi connectivity index (χ1n) is 10.3. The lowest BCUT2D eigenvalue weighted by atomic mass is 9.94. The number of hydrogen-bond donors (Lipinski definition) is 2. The number of nitrogens with one attached hydrogen (secondary N) is 1. The molecule has 0 radical (unpaired) electrons. The molecule has 1 saturated heterocycles. The zero-order chi connectivity index (χ0) is 20.6. The van der Waals surface area contributed by atoms with Gasteiger partial charge < -0.3 is 20.1 Å². The number of nitrogens with zero attached hydrogens (tertiary/aromatic N) is 1. The largest absolute Gasteiger partial charge is 0.416 e. The van der Waals surface area contributed by atoms with Gasteiger partial charge in [0, 0.05) is 37.8 Å². The molecule has 29 heavy (non-hydrogen) atoms. The van der Waals surface area contributed by atoms with Crippen molar-refractivity contribution in [1.82, 2.24) is 10.2 Å². The highest BCUT2D eigenvalue weighted by Gasteiger charge is 2.37. The Morgan fingerprint density at radius 1 is 1.14 bits per heavy atom. The molecule has 1 aromatic rings. The van der Waals surface area contributed by atoms with Gasteiger partial charge in [0.1, 0.15) is 0 Å². The maximum Gasteiger partial charge on any atom is 0.416 e. The fourth-order valence-corrected chi connectivity index (χ4v) is 4.80. The van der Waals surface area contributed by atoms with Gasteiger partial charge in [0.05, 0.1) is 18.2 Å². The van der Waals surface area contributed by atoms with E-state index in [0.29, 0.717) is 17.2 Å². The van der Waals surface area contributed by atoms with Crippen LogP contribution in [0.15, 0.2) is 18.2 Å². The number of benzene rings is 1. The topological polar surface area (TPSA) is 61.8 Å². The molecule has 1 saturated carbocycles. The lowest BCUT2D eigenvalue weighted by Crippen LogP contribution is -2.43. The summed E-state index contributed by atoms with van der Waals surface area (Å²) in [7, 11) is 0. The molecule has 160 valence electrons. The van der Waals surface area contributed by atoms with Crippen LogP contribution in [0.3, 0.4) is 0 Å². The number of alkyl halides is 3. The van der Waals surface area contributed by atoms with Gasteiger partial charge in [-0.15, -0.1) is 0 Å². The first kappa shape index (κ1) is 20.6. The molecule has 0 bridgehead atoms. The number of β-amino-alcohol motifs (C(OH)–C–C–N with tert-alkyl or cyclic N) is 1. The van der Waals surface area contributed by atoms with Gasteiger partial charge in [0.2, 0.25) is 5.91 Å². The Morgan fingerprint density at radius 3 is 2.62 bits per heavy atom. The Labute approximate surface area is 168 Å². The Kier molecular flexibility index (Phi) is 5.86. The maximum absolute atomic E-state index is 13.0. The van der Waals surface area contributed by atoms with Crippen LogP contribution in [0.2, 0.25) is 0 Å². The summed E-state index contributed by atoms with van der Waals surface area (Å²) in [5, 5.41) is 14.0. The number of carbonyl (C=O) groups is 1. The number of fused-ring (bicyclic) bond motifs is 1. The fourth-order valence-electron chi connectivity index (χ4n) is 4.80. The molecule has 1 aliphatic carbocycles. The van der Waals surface area contributed by atoms with Crippen LogP contribution in [0.1, 0.15) is 54.9 Å². The van der Waals surface area contributed by atoms with Crippen LogP contribution in [-0.4, -0.2) is 47.8 Å². The second kappa shape index (κ2) is 8.24. The minimum absolute atomic E-state index is 0.0663. The van der Waals surface area contributed by atoms with E-state index in [9.17, 15) is 23.1 Å². The normalized spacial score (nSPS) is 28.4. The molecule has 8 heteroatoms. The van der Waals surface area contributed by atoms with Gasteiger partial charge >= 0.3 is 6.18 Å². The number of aliphatic hydroxyl groups excluding tert-OH is 1. The van der Waals surface area contributed by atoms with Crippen molar-refractivity contribution in [2.45, 2.75) is 63.0 Å². The van der Waals surface area contributed by atoms with E-state index in [1.165, 1.54) is 11.0 Å². The summed E-state index contributed by atoms with van der Waals surface area (Å²) < 4.78 is 44.5. The maximum atomic E-state index is 13.0. The number of hydrogen-bond acceptors (Lipinski definition) is 4. The van der Waals surface area contributed by atoms with E-state index in [-0.39, 0.29) is 31.0 Å². The first-order valence-corrected chi connectivity index (χ1v) is 10.3.